The molecule has 0 bridgehead atoms. The highest BCUT2D eigenvalue weighted by Gasteiger charge is 2.27. The van der Waals surface area contributed by atoms with Crippen LogP contribution in [0.4, 0.5) is 0 Å². The normalized spacial score (nSPS) is 14.2. The van der Waals surface area contributed by atoms with Crippen LogP contribution in [-0.2, 0) is 4.79 Å². The summed E-state index contributed by atoms with van der Waals surface area (Å²) in [6.07, 6.45) is 2.35. The molecule has 2 N–H and O–H groups in total. The Morgan fingerprint density at radius 3 is 2.25 bits per heavy atom. The molecule has 0 aromatic heterocycles. The van der Waals surface area contributed by atoms with Gasteiger partial charge in [0.25, 0.3) is 0 Å². The molecule has 0 aliphatic heterocycles. The average Bonchev–Trinajstić information content (AvgIpc) is 2.21. The van der Waals surface area contributed by atoms with Crippen LogP contribution in [0.5, 0.6) is 0 Å². The number of likely N-dealkylation sites (N-methyl/N-ethyl adjacent to an activating group) is 1. The lowest BCUT2D eigenvalue weighted by Gasteiger charge is -2.27. The van der Waals surface area contributed by atoms with Crippen LogP contribution in [0.15, 0.2) is 0 Å². The zero-order valence-electron chi connectivity index (χ0n) is 11.5. The summed E-state index contributed by atoms with van der Waals surface area (Å²) in [6.45, 7) is 12.8. The van der Waals surface area contributed by atoms with E-state index in [0.717, 1.165) is 13.1 Å². The maximum absolute atomic E-state index is 11.9. The lowest BCUT2D eigenvalue weighted by atomic mass is 9.86. The molecule has 0 amide bonds. The van der Waals surface area contributed by atoms with E-state index in [-0.39, 0.29) is 17.2 Å². The summed E-state index contributed by atoms with van der Waals surface area (Å²) in [5.74, 6) is 0.155. The van der Waals surface area contributed by atoms with Crippen LogP contribution in [0.2, 0.25) is 0 Å². The summed E-state index contributed by atoms with van der Waals surface area (Å²) >= 11 is 0. The van der Waals surface area contributed by atoms with Crippen molar-refractivity contribution < 1.29 is 4.79 Å². The lowest BCUT2D eigenvalue weighted by molar-refractivity contribution is -0.128. The summed E-state index contributed by atoms with van der Waals surface area (Å²) in [6, 6.07) is -0.350. The van der Waals surface area contributed by atoms with E-state index in [9.17, 15) is 4.79 Å². The van der Waals surface area contributed by atoms with Crippen molar-refractivity contribution >= 4 is 5.78 Å². The maximum atomic E-state index is 11.9. The van der Waals surface area contributed by atoms with Crippen molar-refractivity contribution in [3.05, 3.63) is 0 Å². The predicted molar refractivity (Wildman–Crippen MR) is 69.5 cm³/mol. The third kappa shape index (κ3) is 5.61. The van der Waals surface area contributed by atoms with Gasteiger partial charge in [-0.2, -0.15) is 0 Å². The van der Waals surface area contributed by atoms with E-state index < -0.39 is 0 Å². The zero-order chi connectivity index (χ0) is 12.8. The van der Waals surface area contributed by atoms with Crippen LogP contribution >= 0.6 is 0 Å². The van der Waals surface area contributed by atoms with Crippen molar-refractivity contribution in [2.75, 3.05) is 19.6 Å². The van der Waals surface area contributed by atoms with Crippen molar-refractivity contribution in [2.24, 2.45) is 11.1 Å². The highest BCUT2D eigenvalue weighted by atomic mass is 16.1. The Morgan fingerprint density at radius 1 is 1.31 bits per heavy atom. The number of rotatable bonds is 7. The Hall–Kier alpha value is -0.410. The van der Waals surface area contributed by atoms with Gasteiger partial charge in [0.2, 0.25) is 0 Å². The van der Waals surface area contributed by atoms with Gasteiger partial charge < -0.3 is 10.6 Å². The number of hydrogen-bond acceptors (Lipinski definition) is 3. The van der Waals surface area contributed by atoms with Gasteiger partial charge in [-0.05, 0) is 19.5 Å². The van der Waals surface area contributed by atoms with E-state index in [1.807, 2.05) is 20.8 Å². The third-order valence-electron chi connectivity index (χ3n) is 2.81. The van der Waals surface area contributed by atoms with Gasteiger partial charge in [-0.25, -0.2) is 0 Å². The van der Waals surface area contributed by atoms with Crippen LogP contribution < -0.4 is 5.73 Å². The fraction of sp³-hybridized carbons (Fsp3) is 0.923. The standard InChI is InChI=1S/C13H28N2O/c1-6-8-9-15(7-2)10-11(14)12(16)13(3,4)5/h11H,6-10,14H2,1-5H3. The number of Topliss-reactive ketones (excluding diaryl/α,β-unsaturated/α-hetero) is 1. The first-order chi connectivity index (χ1) is 7.32. The monoisotopic (exact) mass is 228 g/mol. The average molecular weight is 228 g/mol. The van der Waals surface area contributed by atoms with Gasteiger partial charge in [-0.15, -0.1) is 0 Å². The number of carbonyl (C=O) groups excluding carboxylic acids is 1. The first-order valence-electron chi connectivity index (χ1n) is 6.35. The fourth-order valence-electron chi connectivity index (χ4n) is 1.68. The number of nitrogens with two attached hydrogens (primary N) is 1. The molecule has 3 heteroatoms. The van der Waals surface area contributed by atoms with Gasteiger partial charge in [0.05, 0.1) is 6.04 Å². The van der Waals surface area contributed by atoms with E-state index in [4.69, 9.17) is 5.73 Å². The summed E-state index contributed by atoms with van der Waals surface area (Å²) in [7, 11) is 0. The predicted octanol–water partition coefficient (Wildman–Crippen LogP) is 2.05. The number of carbonyl (C=O) groups is 1. The zero-order valence-corrected chi connectivity index (χ0v) is 11.5. The molecule has 1 unspecified atom stereocenters. The number of unbranched alkanes of at least 4 members (excludes halogenated alkanes) is 1. The SMILES string of the molecule is CCCCN(CC)CC(N)C(=O)C(C)(C)C. The first kappa shape index (κ1) is 15.6. The van der Waals surface area contributed by atoms with Crippen molar-refractivity contribution in [3.63, 3.8) is 0 Å². The van der Waals surface area contributed by atoms with Crippen molar-refractivity contribution in [3.8, 4) is 0 Å². The van der Waals surface area contributed by atoms with Crippen molar-refractivity contribution in [1.29, 1.82) is 0 Å². The first-order valence-corrected chi connectivity index (χ1v) is 6.35. The summed E-state index contributed by atoms with van der Waals surface area (Å²) in [4.78, 5) is 14.2. The molecule has 0 heterocycles. The Bertz CT molecular complexity index is 208. The molecule has 16 heavy (non-hydrogen) atoms. The topological polar surface area (TPSA) is 46.3 Å². The van der Waals surface area contributed by atoms with Crippen LogP contribution in [0.1, 0.15) is 47.5 Å². The third-order valence-corrected chi connectivity index (χ3v) is 2.81. The molecular formula is C13H28N2O. The molecule has 96 valence electrons. The van der Waals surface area contributed by atoms with Crippen molar-refractivity contribution in [1.82, 2.24) is 4.90 Å². The Balaban J connectivity index is 4.19. The highest BCUT2D eigenvalue weighted by Crippen LogP contribution is 2.16. The molecule has 0 saturated heterocycles. The Labute approximate surface area is 100 Å². The summed E-state index contributed by atoms with van der Waals surface area (Å²) in [5, 5.41) is 0. The largest absolute Gasteiger partial charge is 0.320 e. The smallest absolute Gasteiger partial charge is 0.156 e. The number of nitrogens with zero attached hydrogens (tertiary/aromatic N) is 1. The highest BCUT2D eigenvalue weighted by molar-refractivity contribution is 5.88. The van der Waals surface area contributed by atoms with Gasteiger partial charge in [0.1, 0.15) is 0 Å². The maximum Gasteiger partial charge on any atom is 0.156 e. The molecule has 0 saturated carbocycles. The van der Waals surface area contributed by atoms with Crippen LogP contribution in [0.3, 0.4) is 0 Å². The molecule has 0 aromatic carbocycles. The van der Waals surface area contributed by atoms with Crippen LogP contribution in [0.25, 0.3) is 0 Å². The molecule has 0 fully saturated rings. The van der Waals surface area contributed by atoms with E-state index in [2.05, 4.69) is 18.7 Å². The molecule has 0 rings (SSSR count). The molecule has 1 atom stereocenters. The fourth-order valence-corrected chi connectivity index (χ4v) is 1.68. The summed E-state index contributed by atoms with van der Waals surface area (Å²) in [5.41, 5.74) is 5.63. The van der Waals surface area contributed by atoms with E-state index in [1.165, 1.54) is 12.8 Å². The van der Waals surface area contributed by atoms with Crippen LogP contribution in [-0.4, -0.2) is 36.4 Å². The van der Waals surface area contributed by atoms with Gasteiger partial charge >= 0.3 is 0 Å². The molecule has 3 nitrogen and oxygen atoms in total. The minimum Gasteiger partial charge on any atom is -0.320 e. The molecular weight excluding hydrogens is 200 g/mol. The minimum absolute atomic E-state index is 0.155. The summed E-state index contributed by atoms with van der Waals surface area (Å²) < 4.78 is 0. The van der Waals surface area contributed by atoms with E-state index in [0.29, 0.717) is 6.54 Å². The minimum atomic E-state index is -0.350. The Kier molecular flexibility index (Phi) is 6.84. The van der Waals surface area contributed by atoms with Gasteiger partial charge in [-0.1, -0.05) is 41.0 Å². The molecule has 0 aliphatic rings. The molecule has 0 aromatic rings. The van der Waals surface area contributed by atoms with Crippen molar-refractivity contribution in [2.45, 2.75) is 53.5 Å². The van der Waals surface area contributed by atoms with E-state index in [1.54, 1.807) is 0 Å². The number of hydrogen-bond donors (Lipinski definition) is 1. The quantitative estimate of drug-likeness (QED) is 0.725. The Morgan fingerprint density at radius 2 is 1.88 bits per heavy atom. The second-order valence-corrected chi connectivity index (χ2v) is 5.47. The van der Waals surface area contributed by atoms with Gasteiger partial charge in [-0.3, -0.25) is 4.79 Å². The van der Waals surface area contributed by atoms with Gasteiger partial charge in [0.15, 0.2) is 5.78 Å². The number of ketones is 1. The second kappa shape index (κ2) is 7.02. The van der Waals surface area contributed by atoms with Gasteiger partial charge in [0, 0.05) is 12.0 Å². The van der Waals surface area contributed by atoms with E-state index >= 15 is 0 Å². The van der Waals surface area contributed by atoms with Crippen LogP contribution in [0, 0.1) is 5.41 Å². The lowest BCUT2D eigenvalue weighted by Crippen LogP contribution is -2.47. The molecule has 0 spiro atoms. The second-order valence-electron chi connectivity index (χ2n) is 5.47. The molecule has 0 radical (unpaired) electrons. The molecule has 0 aliphatic carbocycles.